The van der Waals surface area contributed by atoms with E-state index in [2.05, 4.69) is 54.3 Å². The molecule has 0 fully saturated rings. The first kappa shape index (κ1) is 14.5. The Bertz CT molecular complexity index is 582. The summed E-state index contributed by atoms with van der Waals surface area (Å²) < 4.78 is 5.28. The molecule has 0 saturated carbocycles. The minimum absolute atomic E-state index is 0.482. The van der Waals surface area contributed by atoms with Gasteiger partial charge in [0, 0.05) is 30.5 Å². The zero-order valence-corrected chi connectivity index (χ0v) is 12.5. The van der Waals surface area contributed by atoms with Crippen LogP contribution in [0.2, 0.25) is 0 Å². The Labute approximate surface area is 120 Å². The molecule has 0 aliphatic heterocycles. The van der Waals surface area contributed by atoms with Crippen molar-refractivity contribution in [3.63, 3.8) is 0 Å². The molecule has 106 valence electrons. The molecule has 0 unspecified atom stereocenters. The summed E-state index contributed by atoms with van der Waals surface area (Å²) in [6, 6.07) is 6.86. The third-order valence-corrected chi connectivity index (χ3v) is 3.12. The fourth-order valence-corrected chi connectivity index (χ4v) is 2.08. The first-order valence-corrected chi connectivity index (χ1v) is 6.80. The highest BCUT2D eigenvalue weighted by atomic mass is 16.5. The molecule has 0 bridgehead atoms. The van der Waals surface area contributed by atoms with Crippen molar-refractivity contribution in [1.29, 1.82) is 0 Å². The number of hydrogen-bond donors (Lipinski definition) is 1. The number of methoxy groups -OCH3 is 1. The first-order chi connectivity index (χ1) is 9.61. The van der Waals surface area contributed by atoms with Crippen LogP contribution >= 0.6 is 0 Å². The summed E-state index contributed by atoms with van der Waals surface area (Å²) in [5.41, 5.74) is 4.29. The first-order valence-electron chi connectivity index (χ1n) is 6.80. The number of aromatic nitrogens is 2. The van der Waals surface area contributed by atoms with Crippen LogP contribution < -0.4 is 10.1 Å². The molecule has 4 heteroatoms. The van der Waals surface area contributed by atoms with E-state index in [1.807, 2.05) is 0 Å². The Morgan fingerprint density at radius 2 is 1.95 bits per heavy atom. The molecule has 0 spiro atoms. The lowest BCUT2D eigenvalue weighted by atomic mass is 10.0. The fourth-order valence-electron chi connectivity index (χ4n) is 2.08. The molecule has 0 amide bonds. The molecule has 0 aliphatic rings. The highest BCUT2D eigenvalue weighted by Gasteiger charge is 2.11. The van der Waals surface area contributed by atoms with E-state index in [0.717, 1.165) is 17.8 Å². The summed E-state index contributed by atoms with van der Waals surface area (Å²) in [5, 5.41) is 3.42. The van der Waals surface area contributed by atoms with Gasteiger partial charge in [0.15, 0.2) is 0 Å². The summed E-state index contributed by atoms with van der Waals surface area (Å²) in [6.07, 6.45) is 3.32. The van der Waals surface area contributed by atoms with Crippen LogP contribution in [-0.2, 0) is 6.54 Å². The van der Waals surface area contributed by atoms with E-state index in [0.29, 0.717) is 11.9 Å². The highest BCUT2D eigenvalue weighted by Crippen LogP contribution is 2.28. The van der Waals surface area contributed by atoms with Gasteiger partial charge in [0.2, 0.25) is 5.88 Å². The molecular weight excluding hydrogens is 250 g/mol. The largest absolute Gasteiger partial charge is 0.479 e. The van der Waals surface area contributed by atoms with Crippen molar-refractivity contribution in [3.05, 3.63) is 41.7 Å². The number of nitrogens with one attached hydrogen (secondary N) is 1. The molecule has 0 atom stereocenters. The third kappa shape index (κ3) is 3.33. The van der Waals surface area contributed by atoms with E-state index in [-0.39, 0.29) is 0 Å². The van der Waals surface area contributed by atoms with Crippen LogP contribution in [0.15, 0.2) is 30.6 Å². The van der Waals surface area contributed by atoms with Gasteiger partial charge < -0.3 is 10.1 Å². The van der Waals surface area contributed by atoms with E-state index < -0.39 is 0 Å². The van der Waals surface area contributed by atoms with Crippen LogP contribution in [0.4, 0.5) is 0 Å². The molecule has 1 aromatic heterocycles. The van der Waals surface area contributed by atoms with E-state index in [1.165, 1.54) is 11.1 Å². The van der Waals surface area contributed by atoms with Gasteiger partial charge >= 0.3 is 0 Å². The van der Waals surface area contributed by atoms with Crippen LogP contribution in [0, 0.1) is 6.92 Å². The zero-order valence-electron chi connectivity index (χ0n) is 12.5. The molecule has 20 heavy (non-hydrogen) atoms. The monoisotopic (exact) mass is 271 g/mol. The van der Waals surface area contributed by atoms with E-state index in [1.54, 1.807) is 19.5 Å². The van der Waals surface area contributed by atoms with E-state index >= 15 is 0 Å². The molecule has 1 heterocycles. The third-order valence-electron chi connectivity index (χ3n) is 3.12. The number of aryl methyl sites for hydroxylation is 1. The Morgan fingerprint density at radius 1 is 1.20 bits per heavy atom. The predicted molar refractivity (Wildman–Crippen MR) is 80.7 cm³/mol. The number of nitrogens with zero attached hydrogens (tertiary/aromatic N) is 2. The van der Waals surface area contributed by atoms with Crippen molar-refractivity contribution < 1.29 is 4.74 Å². The second kappa shape index (κ2) is 6.48. The van der Waals surface area contributed by atoms with Crippen LogP contribution in [0.25, 0.3) is 11.3 Å². The molecule has 1 aromatic carbocycles. The second-order valence-electron chi connectivity index (χ2n) is 5.10. The van der Waals surface area contributed by atoms with Gasteiger partial charge in [-0.2, -0.15) is 0 Å². The Morgan fingerprint density at radius 3 is 2.60 bits per heavy atom. The van der Waals surface area contributed by atoms with Crippen molar-refractivity contribution >= 4 is 0 Å². The van der Waals surface area contributed by atoms with Gasteiger partial charge in [0.1, 0.15) is 5.69 Å². The molecule has 1 N–H and O–H groups in total. The van der Waals surface area contributed by atoms with Crippen molar-refractivity contribution in [1.82, 2.24) is 15.3 Å². The highest BCUT2D eigenvalue weighted by molar-refractivity contribution is 5.68. The van der Waals surface area contributed by atoms with Gasteiger partial charge in [0.25, 0.3) is 0 Å². The van der Waals surface area contributed by atoms with Gasteiger partial charge in [-0.05, 0) is 18.1 Å². The number of benzene rings is 1. The van der Waals surface area contributed by atoms with Crippen molar-refractivity contribution in [2.24, 2.45) is 0 Å². The normalized spacial score (nSPS) is 10.8. The Kier molecular flexibility index (Phi) is 4.69. The van der Waals surface area contributed by atoms with Crippen LogP contribution in [-0.4, -0.2) is 23.1 Å². The summed E-state index contributed by atoms with van der Waals surface area (Å²) in [6.45, 7) is 7.25. The van der Waals surface area contributed by atoms with E-state index in [9.17, 15) is 0 Å². The van der Waals surface area contributed by atoms with Crippen LogP contribution in [0.5, 0.6) is 5.88 Å². The second-order valence-corrected chi connectivity index (χ2v) is 5.10. The SMILES string of the molecule is COc1nccnc1-c1ccc(CNC(C)C)cc1C. The predicted octanol–water partition coefficient (Wildman–Crippen LogP) is 2.96. The lowest BCUT2D eigenvalue weighted by Gasteiger charge is -2.12. The van der Waals surface area contributed by atoms with Crippen molar-refractivity contribution in [2.45, 2.75) is 33.4 Å². The summed E-state index contributed by atoms with van der Waals surface area (Å²) >= 11 is 0. The van der Waals surface area contributed by atoms with Gasteiger partial charge in [-0.1, -0.05) is 32.0 Å². The van der Waals surface area contributed by atoms with E-state index in [4.69, 9.17) is 4.74 Å². The minimum Gasteiger partial charge on any atom is -0.479 e. The average molecular weight is 271 g/mol. The number of rotatable bonds is 5. The molecule has 0 radical (unpaired) electrons. The van der Waals surface area contributed by atoms with Gasteiger partial charge in [-0.25, -0.2) is 9.97 Å². The van der Waals surface area contributed by atoms with Crippen LogP contribution in [0.1, 0.15) is 25.0 Å². The molecule has 4 nitrogen and oxygen atoms in total. The number of ether oxygens (including phenoxy) is 1. The number of hydrogen-bond acceptors (Lipinski definition) is 4. The molecular formula is C16H21N3O. The molecule has 0 saturated heterocycles. The zero-order chi connectivity index (χ0) is 14.5. The lowest BCUT2D eigenvalue weighted by Crippen LogP contribution is -2.21. The molecule has 0 aliphatic carbocycles. The average Bonchev–Trinajstić information content (AvgIpc) is 2.45. The molecule has 2 aromatic rings. The quantitative estimate of drug-likeness (QED) is 0.908. The maximum atomic E-state index is 5.28. The summed E-state index contributed by atoms with van der Waals surface area (Å²) in [5.74, 6) is 0.559. The Balaban J connectivity index is 2.30. The fraction of sp³-hybridized carbons (Fsp3) is 0.375. The van der Waals surface area contributed by atoms with Crippen LogP contribution in [0.3, 0.4) is 0 Å². The summed E-state index contributed by atoms with van der Waals surface area (Å²) in [7, 11) is 1.61. The minimum atomic E-state index is 0.482. The topological polar surface area (TPSA) is 47.0 Å². The van der Waals surface area contributed by atoms with Crippen molar-refractivity contribution in [2.75, 3.05) is 7.11 Å². The van der Waals surface area contributed by atoms with Crippen molar-refractivity contribution in [3.8, 4) is 17.1 Å². The smallest absolute Gasteiger partial charge is 0.240 e. The maximum absolute atomic E-state index is 5.28. The maximum Gasteiger partial charge on any atom is 0.240 e. The van der Waals surface area contributed by atoms with Gasteiger partial charge in [0.05, 0.1) is 7.11 Å². The Hall–Kier alpha value is -1.94. The van der Waals surface area contributed by atoms with Gasteiger partial charge in [-0.15, -0.1) is 0 Å². The molecule has 2 rings (SSSR count). The lowest BCUT2D eigenvalue weighted by molar-refractivity contribution is 0.397. The summed E-state index contributed by atoms with van der Waals surface area (Å²) in [4.78, 5) is 8.58. The standard InChI is InChI=1S/C16H21N3O/c1-11(2)19-10-13-5-6-14(12(3)9-13)15-16(20-4)18-8-7-17-15/h5-9,11,19H,10H2,1-4H3. The van der Waals surface area contributed by atoms with Gasteiger partial charge in [-0.3, -0.25) is 0 Å².